The van der Waals surface area contributed by atoms with Crippen LogP contribution in [0.15, 0.2) is 29.3 Å². The summed E-state index contributed by atoms with van der Waals surface area (Å²) >= 11 is 3.11. The highest BCUT2D eigenvalue weighted by Crippen LogP contribution is 2.29. The Morgan fingerprint density at radius 3 is 2.69 bits per heavy atom. The average Bonchev–Trinajstić information content (AvgIpc) is 2.08. The number of alkyl halides is 2. The van der Waals surface area contributed by atoms with E-state index in [2.05, 4.69) is 33.3 Å². The Labute approximate surface area is 83.1 Å². The zero-order valence-corrected chi connectivity index (χ0v) is 8.14. The maximum atomic E-state index is 11.9. The second-order valence-electron chi connectivity index (χ2n) is 2.17. The molecule has 4 heteroatoms. The van der Waals surface area contributed by atoms with E-state index >= 15 is 0 Å². The lowest BCUT2D eigenvalue weighted by molar-refractivity contribution is -0.0503. The zero-order chi connectivity index (χ0) is 9.84. The molecule has 13 heavy (non-hydrogen) atoms. The van der Waals surface area contributed by atoms with Gasteiger partial charge in [-0.05, 0) is 33.6 Å². The first kappa shape index (κ1) is 10.2. The standard InChI is InChI=1S/C9H6BrF2O/c1-2-6-4-3-5-7(8(6)10)13-9(11)12/h3-5,9H,1H2. The molecule has 0 N–H and O–H groups in total. The van der Waals surface area contributed by atoms with E-state index in [-0.39, 0.29) is 5.75 Å². The summed E-state index contributed by atoms with van der Waals surface area (Å²) in [7, 11) is 0. The monoisotopic (exact) mass is 247 g/mol. The van der Waals surface area contributed by atoms with Crippen molar-refractivity contribution in [2.75, 3.05) is 0 Å². The van der Waals surface area contributed by atoms with Gasteiger partial charge in [0.15, 0.2) is 0 Å². The van der Waals surface area contributed by atoms with E-state index in [4.69, 9.17) is 0 Å². The summed E-state index contributed by atoms with van der Waals surface area (Å²) in [5.41, 5.74) is 0.596. The number of ether oxygens (including phenoxy) is 1. The van der Waals surface area contributed by atoms with Gasteiger partial charge in [-0.1, -0.05) is 18.7 Å². The molecule has 1 nitrogen and oxygen atoms in total. The second kappa shape index (κ2) is 4.37. The summed E-state index contributed by atoms with van der Waals surface area (Å²) in [5.74, 6) is 0.0867. The molecule has 0 saturated heterocycles. The van der Waals surface area contributed by atoms with Gasteiger partial charge in [-0.25, -0.2) is 0 Å². The summed E-state index contributed by atoms with van der Waals surface area (Å²) in [6, 6.07) is 4.72. The smallest absolute Gasteiger partial charge is 0.387 e. The Bertz CT molecular complexity index is 312. The molecule has 0 aromatic heterocycles. The van der Waals surface area contributed by atoms with E-state index in [1.54, 1.807) is 12.1 Å². The fourth-order valence-electron chi connectivity index (χ4n) is 0.834. The van der Waals surface area contributed by atoms with Gasteiger partial charge in [-0.3, -0.25) is 0 Å². The van der Waals surface area contributed by atoms with Gasteiger partial charge >= 0.3 is 6.61 Å². The van der Waals surface area contributed by atoms with Crippen LogP contribution in [0.1, 0.15) is 5.56 Å². The molecule has 0 aliphatic carbocycles. The molecule has 0 saturated carbocycles. The van der Waals surface area contributed by atoms with Gasteiger partial charge in [0.25, 0.3) is 0 Å². The highest BCUT2D eigenvalue weighted by molar-refractivity contribution is 9.10. The quantitative estimate of drug-likeness (QED) is 0.796. The van der Waals surface area contributed by atoms with E-state index in [1.165, 1.54) is 6.07 Å². The lowest BCUT2D eigenvalue weighted by Crippen LogP contribution is -2.02. The molecule has 1 rings (SSSR count). The highest BCUT2D eigenvalue weighted by Gasteiger charge is 2.09. The van der Waals surface area contributed by atoms with Crippen molar-refractivity contribution in [3.05, 3.63) is 40.9 Å². The molecule has 0 aliphatic rings. The van der Waals surface area contributed by atoms with Crippen molar-refractivity contribution in [1.29, 1.82) is 0 Å². The van der Waals surface area contributed by atoms with E-state index in [0.29, 0.717) is 10.0 Å². The molecule has 0 heterocycles. The Kier molecular flexibility index (Phi) is 3.42. The molecule has 0 aliphatic heterocycles. The van der Waals surface area contributed by atoms with Crippen molar-refractivity contribution in [2.24, 2.45) is 0 Å². The van der Waals surface area contributed by atoms with Crippen LogP contribution in [0.3, 0.4) is 0 Å². The number of benzene rings is 1. The van der Waals surface area contributed by atoms with Gasteiger partial charge in [-0.2, -0.15) is 8.78 Å². The maximum Gasteiger partial charge on any atom is 0.387 e. The molecule has 0 atom stereocenters. The second-order valence-corrected chi connectivity index (χ2v) is 2.97. The van der Waals surface area contributed by atoms with Crippen molar-refractivity contribution in [3.63, 3.8) is 0 Å². The number of hydrogen-bond acceptors (Lipinski definition) is 1. The summed E-state index contributed by atoms with van der Waals surface area (Å²) in [4.78, 5) is 0. The molecule has 0 spiro atoms. The SMILES string of the molecule is C=[C]c1cccc(OC(F)F)c1Br. The van der Waals surface area contributed by atoms with E-state index < -0.39 is 6.61 Å². The van der Waals surface area contributed by atoms with Crippen LogP contribution in [0.5, 0.6) is 5.75 Å². The first-order valence-electron chi connectivity index (χ1n) is 3.41. The summed E-state index contributed by atoms with van der Waals surface area (Å²) in [5, 5.41) is 0. The van der Waals surface area contributed by atoms with Crippen LogP contribution in [-0.4, -0.2) is 6.61 Å². The fourth-order valence-corrected chi connectivity index (χ4v) is 1.33. The van der Waals surface area contributed by atoms with Gasteiger partial charge in [0, 0.05) is 0 Å². The molecule has 1 radical (unpaired) electrons. The van der Waals surface area contributed by atoms with Crippen molar-refractivity contribution < 1.29 is 13.5 Å². The van der Waals surface area contributed by atoms with Crippen LogP contribution < -0.4 is 4.74 Å². The van der Waals surface area contributed by atoms with E-state index in [9.17, 15) is 8.78 Å². The average molecular weight is 248 g/mol. The van der Waals surface area contributed by atoms with Crippen LogP contribution in [0, 0.1) is 6.08 Å². The van der Waals surface area contributed by atoms with Crippen molar-refractivity contribution in [2.45, 2.75) is 6.61 Å². The van der Waals surface area contributed by atoms with Gasteiger partial charge in [0.1, 0.15) is 5.75 Å². The third-order valence-electron chi connectivity index (χ3n) is 1.37. The summed E-state index contributed by atoms with van der Waals surface area (Å²) < 4.78 is 28.4. The minimum atomic E-state index is -2.82. The van der Waals surface area contributed by atoms with E-state index in [0.717, 1.165) is 0 Å². The summed E-state index contributed by atoms with van der Waals surface area (Å²) in [6.45, 7) is 0.591. The molecule has 0 bridgehead atoms. The van der Waals surface area contributed by atoms with Crippen LogP contribution in [0.25, 0.3) is 0 Å². The highest BCUT2D eigenvalue weighted by atomic mass is 79.9. The van der Waals surface area contributed by atoms with Gasteiger partial charge < -0.3 is 4.74 Å². The first-order valence-corrected chi connectivity index (χ1v) is 4.21. The van der Waals surface area contributed by atoms with Crippen molar-refractivity contribution in [3.8, 4) is 5.75 Å². The molecule has 0 unspecified atom stereocenters. The van der Waals surface area contributed by atoms with Crippen molar-refractivity contribution >= 4 is 15.9 Å². The number of rotatable bonds is 3. The molecule has 0 fully saturated rings. The van der Waals surface area contributed by atoms with Gasteiger partial charge in [0.2, 0.25) is 0 Å². The third-order valence-corrected chi connectivity index (χ3v) is 2.19. The van der Waals surface area contributed by atoms with Gasteiger partial charge in [-0.15, -0.1) is 0 Å². The fraction of sp³-hybridized carbons (Fsp3) is 0.111. The molecule has 0 amide bonds. The molecule has 69 valence electrons. The van der Waals surface area contributed by atoms with Gasteiger partial charge in [0.05, 0.1) is 4.47 Å². The minimum Gasteiger partial charge on any atom is -0.434 e. The lowest BCUT2D eigenvalue weighted by Gasteiger charge is -2.07. The Balaban J connectivity index is 3.01. The van der Waals surface area contributed by atoms with Crippen molar-refractivity contribution in [1.82, 2.24) is 0 Å². The normalized spacial score (nSPS) is 10.2. The Morgan fingerprint density at radius 1 is 1.46 bits per heavy atom. The molecular formula is C9H6BrF2O. The number of halogens is 3. The topological polar surface area (TPSA) is 9.23 Å². The maximum absolute atomic E-state index is 11.9. The van der Waals surface area contributed by atoms with Crippen LogP contribution >= 0.6 is 15.9 Å². The number of hydrogen-bond donors (Lipinski definition) is 0. The Morgan fingerprint density at radius 2 is 2.15 bits per heavy atom. The van der Waals surface area contributed by atoms with E-state index in [1.807, 2.05) is 0 Å². The molecule has 1 aromatic carbocycles. The third kappa shape index (κ3) is 2.52. The van der Waals surface area contributed by atoms with Crippen LogP contribution in [-0.2, 0) is 0 Å². The predicted molar refractivity (Wildman–Crippen MR) is 48.7 cm³/mol. The lowest BCUT2D eigenvalue weighted by atomic mass is 10.2. The zero-order valence-electron chi connectivity index (χ0n) is 6.56. The molecular weight excluding hydrogens is 242 g/mol. The largest absolute Gasteiger partial charge is 0.434 e. The Hall–Kier alpha value is -0.900. The minimum absolute atomic E-state index is 0.0867. The molecule has 1 aromatic rings. The first-order chi connectivity index (χ1) is 6.15. The summed E-state index contributed by atoms with van der Waals surface area (Å²) in [6.07, 6.45) is 2.59. The predicted octanol–water partition coefficient (Wildman–Crippen LogP) is 3.39. The van der Waals surface area contributed by atoms with Crippen LogP contribution in [0.2, 0.25) is 0 Å². The van der Waals surface area contributed by atoms with Crippen LogP contribution in [0.4, 0.5) is 8.78 Å².